The van der Waals surface area contributed by atoms with Crippen molar-refractivity contribution in [2.45, 2.75) is 13.2 Å². The van der Waals surface area contributed by atoms with E-state index in [2.05, 4.69) is 0 Å². The topological polar surface area (TPSA) is 35.2 Å². The molecule has 0 unspecified atom stereocenters. The third kappa shape index (κ3) is 3.30. The summed E-state index contributed by atoms with van der Waals surface area (Å²) in [7, 11) is 0. The Balaban J connectivity index is 2.26. The van der Waals surface area contributed by atoms with Gasteiger partial charge in [-0.2, -0.15) is 8.78 Å². The van der Waals surface area contributed by atoms with Crippen LogP contribution in [0.1, 0.15) is 11.1 Å². The minimum Gasteiger partial charge on any atom is -0.483 e. The number of hydrogen-bond donors (Lipinski definition) is 1. The third-order valence-electron chi connectivity index (χ3n) is 2.71. The molecule has 2 aromatic rings. The van der Waals surface area contributed by atoms with E-state index in [9.17, 15) is 22.0 Å². The van der Waals surface area contributed by atoms with Gasteiger partial charge in [0.1, 0.15) is 12.4 Å². The second-order valence-electron chi connectivity index (χ2n) is 4.26. The SMILES string of the molecule is NCc1cc(F)cc(COc2c(F)c(F)cc(F)c2F)c1. The van der Waals surface area contributed by atoms with Crippen LogP contribution in [-0.2, 0) is 13.2 Å². The molecule has 0 fully saturated rings. The summed E-state index contributed by atoms with van der Waals surface area (Å²) in [5.74, 6) is -8.25. The molecule has 0 heterocycles. The summed E-state index contributed by atoms with van der Waals surface area (Å²) in [5, 5.41) is 0. The first-order valence-corrected chi connectivity index (χ1v) is 5.86. The predicted molar refractivity (Wildman–Crippen MR) is 64.9 cm³/mol. The molecule has 0 radical (unpaired) electrons. The normalized spacial score (nSPS) is 10.8. The van der Waals surface area contributed by atoms with E-state index in [1.807, 2.05) is 0 Å². The molecule has 0 aliphatic carbocycles. The van der Waals surface area contributed by atoms with Crippen molar-refractivity contribution >= 4 is 0 Å². The van der Waals surface area contributed by atoms with Gasteiger partial charge in [-0.15, -0.1) is 0 Å². The van der Waals surface area contributed by atoms with E-state index in [0.717, 1.165) is 6.07 Å². The van der Waals surface area contributed by atoms with Gasteiger partial charge in [0.15, 0.2) is 17.4 Å². The van der Waals surface area contributed by atoms with Crippen molar-refractivity contribution in [3.63, 3.8) is 0 Å². The lowest BCUT2D eigenvalue weighted by atomic mass is 10.1. The van der Waals surface area contributed by atoms with Gasteiger partial charge in [-0.3, -0.25) is 0 Å². The Labute approximate surface area is 116 Å². The van der Waals surface area contributed by atoms with Crippen LogP contribution in [0.15, 0.2) is 24.3 Å². The second-order valence-corrected chi connectivity index (χ2v) is 4.26. The van der Waals surface area contributed by atoms with E-state index in [4.69, 9.17) is 10.5 Å². The lowest BCUT2D eigenvalue weighted by Crippen LogP contribution is -2.05. The maximum atomic E-state index is 13.4. The van der Waals surface area contributed by atoms with Crippen LogP contribution < -0.4 is 10.5 Å². The maximum Gasteiger partial charge on any atom is 0.203 e. The Hall–Kier alpha value is -2.15. The van der Waals surface area contributed by atoms with Crippen molar-refractivity contribution in [1.29, 1.82) is 0 Å². The molecule has 112 valence electrons. The molecule has 2 N–H and O–H groups in total. The molecular formula is C14H10F5NO. The largest absolute Gasteiger partial charge is 0.483 e. The highest BCUT2D eigenvalue weighted by Gasteiger charge is 2.20. The zero-order valence-electron chi connectivity index (χ0n) is 10.6. The standard InChI is InChI=1S/C14H10F5NO/c15-9-2-7(5-20)1-8(3-9)6-21-14-12(18)10(16)4-11(17)13(14)19/h1-4H,5-6,20H2. The van der Waals surface area contributed by atoms with E-state index in [1.54, 1.807) is 0 Å². The molecular weight excluding hydrogens is 293 g/mol. The van der Waals surface area contributed by atoms with Gasteiger partial charge in [0.05, 0.1) is 0 Å². The van der Waals surface area contributed by atoms with Gasteiger partial charge in [-0.1, -0.05) is 6.07 Å². The average molecular weight is 303 g/mol. The van der Waals surface area contributed by atoms with Crippen LogP contribution in [0.3, 0.4) is 0 Å². The van der Waals surface area contributed by atoms with E-state index >= 15 is 0 Å². The minimum absolute atomic E-state index is 0.0576. The van der Waals surface area contributed by atoms with Gasteiger partial charge in [-0.05, 0) is 23.3 Å². The number of rotatable bonds is 4. The molecule has 21 heavy (non-hydrogen) atoms. The first kappa shape index (κ1) is 15.2. The second kappa shape index (κ2) is 6.09. The van der Waals surface area contributed by atoms with E-state index in [1.165, 1.54) is 12.1 Å². The molecule has 0 saturated heterocycles. The van der Waals surface area contributed by atoms with Crippen LogP contribution in [0, 0.1) is 29.1 Å². The van der Waals surface area contributed by atoms with Gasteiger partial charge in [0.2, 0.25) is 11.6 Å². The summed E-state index contributed by atoms with van der Waals surface area (Å²) in [6.45, 7) is -0.413. The van der Waals surface area contributed by atoms with Crippen molar-refractivity contribution in [2.75, 3.05) is 0 Å². The van der Waals surface area contributed by atoms with Crippen molar-refractivity contribution < 1.29 is 26.7 Å². The molecule has 0 spiro atoms. The van der Waals surface area contributed by atoms with Gasteiger partial charge < -0.3 is 10.5 Å². The third-order valence-corrected chi connectivity index (χ3v) is 2.71. The smallest absolute Gasteiger partial charge is 0.203 e. The van der Waals surface area contributed by atoms with Crippen molar-refractivity contribution in [1.82, 2.24) is 0 Å². The molecule has 2 aromatic carbocycles. The van der Waals surface area contributed by atoms with Gasteiger partial charge in [0, 0.05) is 12.6 Å². The fraction of sp³-hybridized carbons (Fsp3) is 0.143. The molecule has 0 aromatic heterocycles. The zero-order chi connectivity index (χ0) is 15.6. The predicted octanol–water partition coefficient (Wildman–Crippen LogP) is 3.42. The van der Waals surface area contributed by atoms with Crippen molar-refractivity contribution in [2.24, 2.45) is 5.73 Å². The zero-order valence-corrected chi connectivity index (χ0v) is 10.6. The maximum absolute atomic E-state index is 13.4. The molecule has 7 heteroatoms. The van der Waals surface area contributed by atoms with E-state index in [-0.39, 0.29) is 18.2 Å². The number of ether oxygens (including phenoxy) is 1. The first-order chi connectivity index (χ1) is 9.92. The Kier molecular flexibility index (Phi) is 4.42. The van der Waals surface area contributed by atoms with Crippen LogP contribution in [0.4, 0.5) is 22.0 Å². The summed E-state index contributed by atoms with van der Waals surface area (Å²) in [4.78, 5) is 0. The fourth-order valence-electron chi connectivity index (χ4n) is 1.75. The van der Waals surface area contributed by atoms with Crippen LogP contribution in [0.25, 0.3) is 0 Å². The lowest BCUT2D eigenvalue weighted by Gasteiger charge is -2.10. The molecule has 0 atom stereocenters. The molecule has 2 rings (SSSR count). The molecule has 0 bridgehead atoms. The number of halogens is 5. The minimum atomic E-state index is -1.65. The highest BCUT2D eigenvalue weighted by atomic mass is 19.2. The first-order valence-electron chi connectivity index (χ1n) is 5.86. The van der Waals surface area contributed by atoms with E-state index in [0.29, 0.717) is 5.56 Å². The summed E-state index contributed by atoms with van der Waals surface area (Å²) < 4.78 is 70.7. The number of nitrogens with two attached hydrogens (primary N) is 1. The molecule has 0 amide bonds. The highest BCUT2D eigenvalue weighted by molar-refractivity contribution is 5.30. The Morgan fingerprint density at radius 1 is 0.810 bits per heavy atom. The Bertz CT molecular complexity index is 649. The average Bonchev–Trinajstić information content (AvgIpc) is 2.44. The molecule has 0 aliphatic heterocycles. The summed E-state index contributed by atoms with van der Waals surface area (Å²) in [5.41, 5.74) is 6.02. The van der Waals surface area contributed by atoms with Gasteiger partial charge in [0.25, 0.3) is 0 Å². The highest BCUT2D eigenvalue weighted by Crippen LogP contribution is 2.27. The number of hydrogen-bond acceptors (Lipinski definition) is 2. The quantitative estimate of drug-likeness (QED) is 0.694. The molecule has 0 aliphatic rings. The van der Waals surface area contributed by atoms with Gasteiger partial charge >= 0.3 is 0 Å². The fourth-order valence-corrected chi connectivity index (χ4v) is 1.75. The van der Waals surface area contributed by atoms with Crippen LogP contribution in [-0.4, -0.2) is 0 Å². The Morgan fingerprint density at radius 3 is 1.95 bits per heavy atom. The molecule has 0 saturated carbocycles. The van der Waals surface area contributed by atoms with Crippen molar-refractivity contribution in [3.05, 3.63) is 64.5 Å². The van der Waals surface area contributed by atoms with Crippen molar-refractivity contribution in [3.8, 4) is 5.75 Å². The Morgan fingerprint density at radius 2 is 1.38 bits per heavy atom. The number of benzene rings is 2. The van der Waals surface area contributed by atoms with Gasteiger partial charge in [-0.25, -0.2) is 13.2 Å². The van der Waals surface area contributed by atoms with Crippen LogP contribution in [0.5, 0.6) is 5.75 Å². The molecule has 2 nitrogen and oxygen atoms in total. The summed E-state index contributed by atoms with van der Waals surface area (Å²) >= 11 is 0. The summed E-state index contributed by atoms with van der Waals surface area (Å²) in [6, 6.07) is 3.78. The lowest BCUT2D eigenvalue weighted by molar-refractivity contribution is 0.261. The monoisotopic (exact) mass is 303 g/mol. The summed E-state index contributed by atoms with van der Waals surface area (Å²) in [6.07, 6.45) is 0. The van der Waals surface area contributed by atoms with E-state index < -0.39 is 41.4 Å². The van der Waals surface area contributed by atoms with Crippen LogP contribution in [0.2, 0.25) is 0 Å². The van der Waals surface area contributed by atoms with Crippen LogP contribution >= 0.6 is 0 Å².